The smallest absolute Gasteiger partial charge is 0.264 e. The van der Waals surface area contributed by atoms with E-state index >= 15 is 0 Å². The lowest BCUT2D eigenvalue weighted by Crippen LogP contribution is -2.10. The standard InChI is InChI=1S/C6H12O5S/c1-6(7)5-11-3-2-4-12(8,9)10/h2-5H2,1H3,(H,8,9,10). The molecule has 0 amide bonds. The third-order valence-corrected chi connectivity index (χ3v) is 1.80. The number of ether oxygens (including phenoxy) is 1. The van der Waals surface area contributed by atoms with Crippen LogP contribution in [0.3, 0.4) is 0 Å². The van der Waals surface area contributed by atoms with Crippen molar-refractivity contribution in [1.82, 2.24) is 0 Å². The summed E-state index contributed by atoms with van der Waals surface area (Å²) in [5.41, 5.74) is 0. The molecular weight excluding hydrogens is 184 g/mol. The summed E-state index contributed by atoms with van der Waals surface area (Å²) in [5.74, 6) is -0.438. The van der Waals surface area contributed by atoms with E-state index in [9.17, 15) is 13.2 Å². The maximum atomic E-state index is 10.3. The quantitative estimate of drug-likeness (QED) is 0.472. The van der Waals surface area contributed by atoms with Gasteiger partial charge in [0, 0.05) is 6.61 Å². The van der Waals surface area contributed by atoms with Gasteiger partial charge in [0.1, 0.15) is 6.61 Å². The first-order valence-electron chi connectivity index (χ1n) is 3.44. The summed E-state index contributed by atoms with van der Waals surface area (Å²) in [6.07, 6.45) is 0.201. The summed E-state index contributed by atoms with van der Waals surface area (Å²) < 4.78 is 33.4. The molecule has 0 saturated heterocycles. The highest BCUT2D eigenvalue weighted by Crippen LogP contribution is 1.89. The number of ketones is 1. The molecule has 0 bridgehead atoms. The monoisotopic (exact) mass is 196 g/mol. The minimum Gasteiger partial charge on any atom is -0.374 e. The molecule has 0 radical (unpaired) electrons. The lowest BCUT2D eigenvalue weighted by atomic mass is 10.5. The van der Waals surface area contributed by atoms with Crippen LogP contribution >= 0.6 is 0 Å². The van der Waals surface area contributed by atoms with Gasteiger partial charge >= 0.3 is 0 Å². The van der Waals surface area contributed by atoms with E-state index in [4.69, 9.17) is 9.29 Å². The number of hydrogen-bond acceptors (Lipinski definition) is 4. The van der Waals surface area contributed by atoms with Crippen LogP contribution in [0.15, 0.2) is 0 Å². The van der Waals surface area contributed by atoms with Gasteiger partial charge in [-0.15, -0.1) is 0 Å². The molecule has 5 nitrogen and oxygen atoms in total. The summed E-state index contributed by atoms with van der Waals surface area (Å²) in [7, 11) is -3.89. The molecule has 72 valence electrons. The van der Waals surface area contributed by atoms with Gasteiger partial charge in [0.25, 0.3) is 10.1 Å². The average Bonchev–Trinajstić information content (AvgIpc) is 1.83. The van der Waals surface area contributed by atoms with Gasteiger partial charge in [-0.2, -0.15) is 8.42 Å². The van der Waals surface area contributed by atoms with Gasteiger partial charge in [-0.25, -0.2) is 0 Å². The van der Waals surface area contributed by atoms with Crippen molar-refractivity contribution in [3.63, 3.8) is 0 Å². The van der Waals surface area contributed by atoms with Crippen molar-refractivity contribution in [2.45, 2.75) is 13.3 Å². The molecule has 0 atom stereocenters. The van der Waals surface area contributed by atoms with Crippen molar-refractivity contribution in [2.24, 2.45) is 0 Å². The van der Waals surface area contributed by atoms with Crippen LogP contribution in [-0.2, 0) is 19.6 Å². The zero-order chi connectivity index (χ0) is 9.61. The third-order valence-electron chi connectivity index (χ3n) is 0.996. The second-order valence-corrected chi connectivity index (χ2v) is 3.97. The first kappa shape index (κ1) is 11.5. The van der Waals surface area contributed by atoms with Crippen molar-refractivity contribution >= 4 is 15.9 Å². The molecule has 0 aromatic rings. The number of hydrogen-bond donors (Lipinski definition) is 1. The molecule has 0 aromatic heterocycles. The Morgan fingerprint density at radius 2 is 2.08 bits per heavy atom. The summed E-state index contributed by atoms with van der Waals surface area (Å²) >= 11 is 0. The average molecular weight is 196 g/mol. The predicted octanol–water partition coefficient (Wildman–Crippen LogP) is -0.130. The topological polar surface area (TPSA) is 80.7 Å². The molecule has 0 aliphatic heterocycles. The van der Waals surface area contributed by atoms with Crippen LogP contribution in [-0.4, -0.2) is 37.7 Å². The second kappa shape index (κ2) is 5.23. The molecular formula is C6H12O5S. The Balaban J connectivity index is 3.29. The first-order chi connectivity index (χ1) is 5.42. The highest BCUT2D eigenvalue weighted by Gasteiger charge is 2.03. The van der Waals surface area contributed by atoms with E-state index in [0.29, 0.717) is 0 Å². The fourth-order valence-corrected chi connectivity index (χ4v) is 1.04. The van der Waals surface area contributed by atoms with E-state index in [1.54, 1.807) is 0 Å². The van der Waals surface area contributed by atoms with Gasteiger partial charge in [0.05, 0.1) is 5.75 Å². The lowest BCUT2D eigenvalue weighted by Gasteiger charge is -1.99. The Morgan fingerprint density at radius 3 is 2.50 bits per heavy atom. The van der Waals surface area contributed by atoms with Crippen molar-refractivity contribution in [3.8, 4) is 0 Å². The van der Waals surface area contributed by atoms with E-state index in [-0.39, 0.29) is 31.2 Å². The normalized spacial score (nSPS) is 11.5. The van der Waals surface area contributed by atoms with Gasteiger partial charge < -0.3 is 4.74 Å². The Bertz CT molecular complexity index is 230. The number of carbonyl (C=O) groups is 1. The Labute approximate surface area is 71.5 Å². The fraction of sp³-hybridized carbons (Fsp3) is 0.833. The van der Waals surface area contributed by atoms with Crippen LogP contribution in [0.5, 0.6) is 0 Å². The van der Waals surface area contributed by atoms with Gasteiger partial charge in [-0.1, -0.05) is 0 Å². The van der Waals surface area contributed by atoms with Gasteiger partial charge in [-0.3, -0.25) is 9.35 Å². The molecule has 0 aromatic carbocycles. The minimum absolute atomic E-state index is 0.00846. The molecule has 0 spiro atoms. The summed E-state index contributed by atoms with van der Waals surface area (Å²) in [6.45, 7) is 1.54. The zero-order valence-electron chi connectivity index (χ0n) is 6.82. The van der Waals surface area contributed by atoms with Crippen LogP contribution < -0.4 is 0 Å². The van der Waals surface area contributed by atoms with E-state index in [0.717, 1.165) is 0 Å². The largest absolute Gasteiger partial charge is 0.374 e. The molecule has 0 saturated carbocycles. The van der Waals surface area contributed by atoms with Crippen LogP contribution in [0.2, 0.25) is 0 Å². The number of Topliss-reactive ketones (excluding diaryl/α,β-unsaturated/α-hetero) is 1. The SMILES string of the molecule is CC(=O)COCCCS(=O)(=O)O. The fourth-order valence-electron chi connectivity index (χ4n) is 0.559. The van der Waals surface area contributed by atoms with Gasteiger partial charge in [0.15, 0.2) is 5.78 Å². The molecule has 0 rings (SSSR count). The maximum Gasteiger partial charge on any atom is 0.264 e. The van der Waals surface area contributed by atoms with Gasteiger partial charge in [-0.05, 0) is 13.3 Å². The van der Waals surface area contributed by atoms with Crippen molar-refractivity contribution in [3.05, 3.63) is 0 Å². The Kier molecular flexibility index (Phi) is 5.03. The predicted molar refractivity (Wildman–Crippen MR) is 42.5 cm³/mol. The highest BCUT2D eigenvalue weighted by atomic mass is 32.2. The number of rotatable bonds is 6. The molecule has 0 aliphatic carbocycles. The molecule has 0 aliphatic rings. The van der Waals surface area contributed by atoms with E-state index in [1.807, 2.05) is 0 Å². The lowest BCUT2D eigenvalue weighted by molar-refractivity contribution is -0.121. The van der Waals surface area contributed by atoms with Crippen LogP contribution in [0.1, 0.15) is 13.3 Å². The van der Waals surface area contributed by atoms with Crippen LogP contribution in [0.25, 0.3) is 0 Å². The van der Waals surface area contributed by atoms with E-state index in [2.05, 4.69) is 0 Å². The molecule has 1 N–H and O–H groups in total. The number of carbonyl (C=O) groups excluding carboxylic acids is 1. The Morgan fingerprint density at radius 1 is 1.50 bits per heavy atom. The molecule has 0 unspecified atom stereocenters. The molecule has 6 heteroatoms. The van der Waals surface area contributed by atoms with E-state index in [1.165, 1.54) is 6.92 Å². The second-order valence-electron chi connectivity index (χ2n) is 2.39. The minimum atomic E-state index is -3.89. The maximum absolute atomic E-state index is 10.3. The highest BCUT2D eigenvalue weighted by molar-refractivity contribution is 7.85. The zero-order valence-corrected chi connectivity index (χ0v) is 7.63. The summed E-state index contributed by atoms with van der Waals surface area (Å²) in [4.78, 5) is 10.3. The van der Waals surface area contributed by atoms with Crippen LogP contribution in [0, 0.1) is 0 Å². The Hall–Kier alpha value is -0.460. The summed E-state index contributed by atoms with van der Waals surface area (Å²) in [5, 5.41) is 0. The van der Waals surface area contributed by atoms with Crippen molar-refractivity contribution in [1.29, 1.82) is 0 Å². The van der Waals surface area contributed by atoms with Crippen LogP contribution in [0.4, 0.5) is 0 Å². The van der Waals surface area contributed by atoms with Gasteiger partial charge in [0.2, 0.25) is 0 Å². The van der Waals surface area contributed by atoms with Crippen molar-refractivity contribution < 1.29 is 22.5 Å². The van der Waals surface area contributed by atoms with E-state index < -0.39 is 10.1 Å². The van der Waals surface area contributed by atoms with Crippen molar-refractivity contribution in [2.75, 3.05) is 19.0 Å². The third kappa shape index (κ3) is 9.54. The molecule has 0 heterocycles. The summed E-state index contributed by atoms with van der Waals surface area (Å²) in [6, 6.07) is 0. The molecule has 12 heavy (non-hydrogen) atoms. The first-order valence-corrected chi connectivity index (χ1v) is 5.05. The molecule has 0 fully saturated rings.